The summed E-state index contributed by atoms with van der Waals surface area (Å²) in [4.78, 5) is 1.52. The second-order valence-corrected chi connectivity index (χ2v) is 13.6. The molecule has 0 aliphatic rings. The van der Waals surface area contributed by atoms with Crippen LogP contribution in [-0.4, -0.2) is 14.9 Å². The van der Waals surface area contributed by atoms with E-state index in [0.717, 1.165) is 12.5 Å². The summed E-state index contributed by atoms with van der Waals surface area (Å²) in [6.07, 6.45) is 15.2. The average molecular weight is 383 g/mol. The van der Waals surface area contributed by atoms with E-state index in [-0.39, 0.29) is 0 Å². The van der Waals surface area contributed by atoms with Crippen molar-refractivity contribution in [3.63, 3.8) is 0 Å². The molecule has 3 heteroatoms. The minimum absolute atomic E-state index is 0.744. The zero-order valence-corrected chi connectivity index (χ0v) is 19.1. The topological polar surface area (TPSA) is 9.23 Å². The molecule has 0 aliphatic heterocycles. The Kier molecular flexibility index (Phi) is 12.8. The molecule has 146 valence electrons. The van der Waals surface area contributed by atoms with E-state index in [1.54, 1.807) is 0 Å². The van der Waals surface area contributed by atoms with Crippen molar-refractivity contribution in [3.8, 4) is 0 Å². The van der Waals surface area contributed by atoms with Crippen LogP contribution in [0.15, 0.2) is 17.5 Å². The van der Waals surface area contributed by atoms with Gasteiger partial charge in [0, 0.05) is 11.5 Å². The molecule has 1 aromatic heterocycles. The Morgan fingerprint density at radius 1 is 0.960 bits per heavy atom. The van der Waals surface area contributed by atoms with Crippen LogP contribution in [0.1, 0.15) is 82.9 Å². The smallest absolute Gasteiger partial charge is 0.186 e. The fraction of sp³-hybridized carbons (Fsp3) is 0.818. The van der Waals surface area contributed by atoms with Gasteiger partial charge in [-0.15, -0.1) is 11.3 Å². The van der Waals surface area contributed by atoms with Gasteiger partial charge in [-0.25, -0.2) is 0 Å². The third-order valence-electron chi connectivity index (χ3n) is 4.96. The first kappa shape index (κ1) is 22.9. The molecule has 0 fully saturated rings. The van der Waals surface area contributed by atoms with E-state index in [1.165, 1.54) is 81.6 Å². The maximum absolute atomic E-state index is 6.33. The van der Waals surface area contributed by atoms with Gasteiger partial charge in [0.15, 0.2) is 8.32 Å². The van der Waals surface area contributed by atoms with Crippen molar-refractivity contribution in [1.29, 1.82) is 0 Å². The van der Waals surface area contributed by atoms with Gasteiger partial charge < -0.3 is 4.43 Å². The van der Waals surface area contributed by atoms with Gasteiger partial charge in [-0.1, -0.05) is 77.7 Å². The fourth-order valence-electron chi connectivity index (χ4n) is 3.68. The van der Waals surface area contributed by atoms with Crippen LogP contribution in [0.4, 0.5) is 0 Å². The average Bonchev–Trinajstić information content (AvgIpc) is 3.04. The highest BCUT2D eigenvalue weighted by molar-refractivity contribution is 7.09. The molecule has 0 spiro atoms. The fourth-order valence-corrected chi connectivity index (χ4v) is 7.19. The highest BCUT2D eigenvalue weighted by Crippen LogP contribution is 2.24. The van der Waals surface area contributed by atoms with Crippen LogP contribution in [0.3, 0.4) is 0 Å². The summed E-state index contributed by atoms with van der Waals surface area (Å²) in [6.45, 7) is 10.5. The molecule has 0 aromatic carbocycles. The van der Waals surface area contributed by atoms with E-state index in [9.17, 15) is 0 Å². The Labute approximate surface area is 162 Å². The summed E-state index contributed by atoms with van der Waals surface area (Å²) in [5.41, 5.74) is 0. The van der Waals surface area contributed by atoms with Gasteiger partial charge in [0.05, 0.1) is 0 Å². The lowest BCUT2D eigenvalue weighted by atomic mass is 10.1. The molecule has 0 aliphatic carbocycles. The van der Waals surface area contributed by atoms with Gasteiger partial charge in [-0.2, -0.15) is 0 Å². The van der Waals surface area contributed by atoms with Crippen molar-refractivity contribution in [3.05, 3.63) is 22.4 Å². The number of hydrogen-bond donors (Lipinski definition) is 0. The van der Waals surface area contributed by atoms with Gasteiger partial charge >= 0.3 is 0 Å². The van der Waals surface area contributed by atoms with Crippen LogP contribution in [0.2, 0.25) is 19.1 Å². The zero-order chi connectivity index (χ0) is 18.4. The monoisotopic (exact) mass is 382 g/mol. The van der Waals surface area contributed by atoms with Gasteiger partial charge in [-0.3, -0.25) is 0 Å². The lowest BCUT2D eigenvalue weighted by molar-refractivity contribution is 0.289. The van der Waals surface area contributed by atoms with Gasteiger partial charge in [0.2, 0.25) is 0 Å². The first-order valence-electron chi connectivity index (χ1n) is 10.7. The Morgan fingerprint density at radius 3 is 2.12 bits per heavy atom. The summed E-state index contributed by atoms with van der Waals surface area (Å²) in [7, 11) is -1.49. The number of unbranched alkanes of at least 4 members (excludes halogenated alkanes) is 9. The predicted molar refractivity (Wildman–Crippen MR) is 117 cm³/mol. The van der Waals surface area contributed by atoms with Gasteiger partial charge in [0.1, 0.15) is 0 Å². The maximum Gasteiger partial charge on any atom is 0.186 e. The van der Waals surface area contributed by atoms with Crippen molar-refractivity contribution >= 4 is 19.7 Å². The SMILES string of the molecule is CCCCCCCCCCCCO[Si](C)(C)CC(C)Cc1cccs1. The molecular weight excluding hydrogens is 340 g/mol. The summed E-state index contributed by atoms with van der Waals surface area (Å²) in [5, 5.41) is 2.19. The van der Waals surface area contributed by atoms with E-state index in [0.29, 0.717) is 0 Å². The molecule has 0 saturated heterocycles. The largest absolute Gasteiger partial charge is 0.417 e. The molecule has 1 rings (SSSR count). The summed E-state index contributed by atoms with van der Waals surface area (Å²) in [6, 6.07) is 5.71. The van der Waals surface area contributed by atoms with Crippen LogP contribution in [0.25, 0.3) is 0 Å². The van der Waals surface area contributed by atoms with Crippen molar-refractivity contribution in [2.24, 2.45) is 5.92 Å². The first-order valence-corrected chi connectivity index (χ1v) is 14.7. The Bertz CT molecular complexity index is 402. The summed E-state index contributed by atoms with van der Waals surface area (Å²) < 4.78 is 6.33. The molecular formula is C22H42OSSi. The Morgan fingerprint density at radius 2 is 1.56 bits per heavy atom. The molecule has 0 saturated carbocycles. The third kappa shape index (κ3) is 12.8. The van der Waals surface area contributed by atoms with E-state index in [4.69, 9.17) is 4.43 Å². The van der Waals surface area contributed by atoms with E-state index >= 15 is 0 Å². The van der Waals surface area contributed by atoms with Crippen LogP contribution in [-0.2, 0) is 10.8 Å². The molecule has 25 heavy (non-hydrogen) atoms. The van der Waals surface area contributed by atoms with Crippen LogP contribution in [0.5, 0.6) is 0 Å². The number of thiophene rings is 1. The molecule has 0 amide bonds. The molecule has 0 N–H and O–H groups in total. The van der Waals surface area contributed by atoms with E-state index in [2.05, 4.69) is 44.5 Å². The van der Waals surface area contributed by atoms with Crippen molar-refractivity contribution in [1.82, 2.24) is 0 Å². The molecule has 0 bridgehead atoms. The molecule has 1 aromatic rings. The number of rotatable bonds is 16. The van der Waals surface area contributed by atoms with Crippen LogP contribution >= 0.6 is 11.3 Å². The third-order valence-corrected chi connectivity index (χ3v) is 8.52. The van der Waals surface area contributed by atoms with Crippen molar-refractivity contribution < 1.29 is 4.43 Å². The highest BCUT2D eigenvalue weighted by atomic mass is 32.1. The first-order chi connectivity index (χ1) is 12.0. The zero-order valence-electron chi connectivity index (χ0n) is 17.3. The maximum atomic E-state index is 6.33. The van der Waals surface area contributed by atoms with E-state index in [1.807, 2.05) is 11.3 Å². The van der Waals surface area contributed by atoms with Crippen LogP contribution in [0, 0.1) is 5.92 Å². The second-order valence-electron chi connectivity index (χ2n) is 8.38. The van der Waals surface area contributed by atoms with Crippen molar-refractivity contribution in [2.75, 3.05) is 6.61 Å². The highest BCUT2D eigenvalue weighted by Gasteiger charge is 2.25. The summed E-state index contributed by atoms with van der Waals surface area (Å²) in [5.74, 6) is 0.744. The minimum atomic E-state index is -1.49. The lowest BCUT2D eigenvalue weighted by Gasteiger charge is -2.26. The Balaban J connectivity index is 1.97. The van der Waals surface area contributed by atoms with Crippen molar-refractivity contribution in [2.45, 2.75) is 104 Å². The molecule has 1 atom stereocenters. The molecule has 1 nitrogen and oxygen atoms in total. The normalized spacial score (nSPS) is 13.3. The molecule has 1 unspecified atom stereocenters. The minimum Gasteiger partial charge on any atom is -0.417 e. The standard InChI is InChI=1S/C22H42OSSi/c1-5-6-7-8-9-10-11-12-13-14-17-23-25(3,4)20-21(2)19-22-16-15-18-24-22/h15-16,18,21H,5-14,17,19-20H2,1-4H3. The second kappa shape index (κ2) is 14.0. The van der Waals surface area contributed by atoms with Gasteiger partial charge in [-0.05, 0) is 49.3 Å². The Hall–Kier alpha value is -0.123. The quantitative estimate of drug-likeness (QED) is 0.207. The van der Waals surface area contributed by atoms with Gasteiger partial charge in [0.25, 0.3) is 0 Å². The molecule has 0 radical (unpaired) electrons. The lowest BCUT2D eigenvalue weighted by Crippen LogP contribution is -2.33. The predicted octanol–water partition coefficient (Wildman–Crippen LogP) is 8.07. The molecule has 1 heterocycles. The summed E-state index contributed by atoms with van der Waals surface area (Å²) >= 11 is 1.89. The number of hydrogen-bond acceptors (Lipinski definition) is 2. The van der Waals surface area contributed by atoms with E-state index < -0.39 is 8.32 Å². The van der Waals surface area contributed by atoms with Crippen LogP contribution < -0.4 is 0 Å².